The van der Waals surface area contributed by atoms with Crippen molar-refractivity contribution in [2.24, 2.45) is 5.92 Å². The van der Waals surface area contributed by atoms with Crippen LogP contribution in [0.2, 0.25) is 0 Å². The first-order valence-electron chi connectivity index (χ1n) is 7.01. The molecule has 1 aromatic rings. The maximum atomic E-state index is 6.09. The first-order valence-corrected chi connectivity index (χ1v) is 7.54. The molecule has 0 N–H and O–H groups in total. The van der Waals surface area contributed by atoms with Gasteiger partial charge in [0, 0.05) is 5.56 Å². The van der Waals surface area contributed by atoms with Gasteiger partial charge in [-0.3, -0.25) is 0 Å². The van der Waals surface area contributed by atoms with Crippen molar-refractivity contribution in [3.8, 4) is 17.6 Å². The Morgan fingerprint density at radius 3 is 2.89 bits per heavy atom. The first kappa shape index (κ1) is 14.3. The molecule has 2 unspecified atom stereocenters. The molecule has 2 atom stereocenters. The molecular formula is C17H21ClO. The molecule has 1 nitrogen and oxygen atoms in total. The van der Waals surface area contributed by atoms with E-state index in [1.165, 1.54) is 25.7 Å². The summed E-state index contributed by atoms with van der Waals surface area (Å²) in [7, 11) is 0. The Morgan fingerprint density at radius 1 is 1.37 bits per heavy atom. The fourth-order valence-corrected chi connectivity index (χ4v) is 2.72. The van der Waals surface area contributed by atoms with Gasteiger partial charge < -0.3 is 4.74 Å². The van der Waals surface area contributed by atoms with E-state index in [0.29, 0.717) is 12.0 Å². The Morgan fingerprint density at radius 2 is 2.21 bits per heavy atom. The van der Waals surface area contributed by atoms with Gasteiger partial charge in [0.25, 0.3) is 0 Å². The molecule has 0 aromatic heterocycles. The summed E-state index contributed by atoms with van der Waals surface area (Å²) in [5, 5.41) is 0. The van der Waals surface area contributed by atoms with Gasteiger partial charge in [-0.25, -0.2) is 0 Å². The smallest absolute Gasteiger partial charge is 0.120 e. The SMILES string of the molecule is Cc1cc(OC2CCCC(C)C2)ccc1C#CCCl. The van der Waals surface area contributed by atoms with Gasteiger partial charge in [-0.05, 0) is 55.9 Å². The number of aryl methyl sites for hydroxylation is 1. The summed E-state index contributed by atoms with van der Waals surface area (Å²) in [6.45, 7) is 4.38. The molecule has 1 fully saturated rings. The predicted octanol–water partition coefficient (Wildman–Crippen LogP) is 4.54. The normalized spacial score (nSPS) is 22.5. The number of ether oxygens (including phenoxy) is 1. The van der Waals surface area contributed by atoms with Crippen LogP contribution >= 0.6 is 11.6 Å². The van der Waals surface area contributed by atoms with Gasteiger partial charge >= 0.3 is 0 Å². The number of hydrogen-bond donors (Lipinski definition) is 0. The molecule has 0 aliphatic heterocycles. The van der Waals surface area contributed by atoms with Crippen LogP contribution in [0, 0.1) is 24.7 Å². The lowest BCUT2D eigenvalue weighted by atomic mass is 9.89. The molecule has 0 saturated heterocycles. The lowest BCUT2D eigenvalue weighted by Crippen LogP contribution is -2.24. The molecule has 0 amide bonds. The van der Waals surface area contributed by atoms with Crippen molar-refractivity contribution in [1.82, 2.24) is 0 Å². The van der Waals surface area contributed by atoms with E-state index >= 15 is 0 Å². The van der Waals surface area contributed by atoms with Crippen LogP contribution < -0.4 is 4.74 Å². The maximum Gasteiger partial charge on any atom is 0.120 e. The van der Waals surface area contributed by atoms with Gasteiger partial charge in [0.05, 0.1) is 12.0 Å². The van der Waals surface area contributed by atoms with Crippen LogP contribution in [0.25, 0.3) is 0 Å². The Balaban J connectivity index is 2.03. The maximum absolute atomic E-state index is 6.09. The first-order chi connectivity index (χ1) is 9.19. The lowest BCUT2D eigenvalue weighted by Gasteiger charge is -2.27. The fraction of sp³-hybridized carbons (Fsp3) is 0.529. The second kappa shape index (κ2) is 6.87. The predicted molar refractivity (Wildman–Crippen MR) is 80.8 cm³/mol. The summed E-state index contributed by atoms with van der Waals surface area (Å²) in [4.78, 5) is 0. The van der Waals surface area contributed by atoms with Crippen LogP contribution in [-0.4, -0.2) is 12.0 Å². The zero-order chi connectivity index (χ0) is 13.7. The van der Waals surface area contributed by atoms with E-state index in [1.54, 1.807) is 0 Å². The quantitative estimate of drug-likeness (QED) is 0.569. The van der Waals surface area contributed by atoms with E-state index < -0.39 is 0 Å². The Kier molecular flexibility index (Phi) is 5.16. The van der Waals surface area contributed by atoms with Crippen LogP contribution in [0.1, 0.15) is 43.7 Å². The van der Waals surface area contributed by atoms with Crippen molar-refractivity contribution in [3.05, 3.63) is 29.3 Å². The van der Waals surface area contributed by atoms with Crippen LogP contribution in [-0.2, 0) is 0 Å². The number of benzene rings is 1. The Bertz CT molecular complexity index is 484. The highest BCUT2D eigenvalue weighted by atomic mass is 35.5. The molecule has 0 heterocycles. The lowest BCUT2D eigenvalue weighted by molar-refractivity contribution is 0.129. The average Bonchev–Trinajstić information content (AvgIpc) is 2.38. The molecule has 1 aliphatic carbocycles. The minimum Gasteiger partial charge on any atom is -0.490 e. The van der Waals surface area contributed by atoms with E-state index in [-0.39, 0.29) is 0 Å². The van der Waals surface area contributed by atoms with Crippen LogP contribution in [0.4, 0.5) is 0 Å². The van der Waals surface area contributed by atoms with E-state index in [1.807, 2.05) is 12.1 Å². The van der Waals surface area contributed by atoms with Crippen molar-refractivity contribution in [3.63, 3.8) is 0 Å². The molecule has 0 spiro atoms. The summed E-state index contributed by atoms with van der Waals surface area (Å²) in [6.07, 6.45) is 5.35. The molecule has 2 rings (SSSR count). The highest BCUT2D eigenvalue weighted by Crippen LogP contribution is 2.28. The molecular weight excluding hydrogens is 256 g/mol. The highest BCUT2D eigenvalue weighted by Gasteiger charge is 2.20. The summed E-state index contributed by atoms with van der Waals surface area (Å²) < 4.78 is 6.09. The zero-order valence-electron chi connectivity index (χ0n) is 11.7. The van der Waals surface area contributed by atoms with Gasteiger partial charge in [-0.1, -0.05) is 25.2 Å². The van der Waals surface area contributed by atoms with Crippen molar-refractivity contribution in [2.75, 3.05) is 5.88 Å². The summed E-state index contributed by atoms with van der Waals surface area (Å²) in [6, 6.07) is 6.12. The van der Waals surface area contributed by atoms with Crippen molar-refractivity contribution < 1.29 is 4.74 Å². The summed E-state index contributed by atoms with van der Waals surface area (Å²) >= 11 is 5.58. The van der Waals surface area contributed by atoms with Gasteiger partial charge in [0.15, 0.2) is 0 Å². The molecule has 19 heavy (non-hydrogen) atoms. The van der Waals surface area contributed by atoms with Crippen LogP contribution in [0.5, 0.6) is 5.75 Å². The molecule has 2 heteroatoms. The minimum absolute atomic E-state index is 0.373. The molecule has 1 aliphatic rings. The molecule has 102 valence electrons. The van der Waals surface area contributed by atoms with E-state index in [9.17, 15) is 0 Å². The van der Waals surface area contributed by atoms with Crippen molar-refractivity contribution >= 4 is 11.6 Å². The monoisotopic (exact) mass is 276 g/mol. The third-order valence-corrected chi connectivity index (χ3v) is 3.81. The fourth-order valence-electron chi connectivity index (χ4n) is 2.66. The third-order valence-electron chi connectivity index (χ3n) is 3.68. The number of rotatable bonds is 2. The van der Waals surface area contributed by atoms with Crippen LogP contribution in [0.3, 0.4) is 0 Å². The average molecular weight is 277 g/mol. The van der Waals surface area contributed by atoms with E-state index in [0.717, 1.165) is 22.8 Å². The van der Waals surface area contributed by atoms with Crippen molar-refractivity contribution in [1.29, 1.82) is 0 Å². The number of halogens is 1. The van der Waals surface area contributed by atoms with Crippen LogP contribution in [0.15, 0.2) is 18.2 Å². The van der Waals surface area contributed by atoms with Gasteiger partial charge in [0.1, 0.15) is 5.75 Å². The summed E-state index contributed by atoms with van der Waals surface area (Å²) in [5.41, 5.74) is 2.18. The second-order valence-corrected chi connectivity index (χ2v) is 5.69. The molecule has 1 saturated carbocycles. The number of alkyl halides is 1. The van der Waals surface area contributed by atoms with E-state index in [4.69, 9.17) is 16.3 Å². The Hall–Kier alpha value is -1.13. The topological polar surface area (TPSA) is 9.23 Å². The Labute approximate surface area is 121 Å². The molecule has 0 radical (unpaired) electrons. The molecule has 1 aromatic carbocycles. The third kappa shape index (κ3) is 4.18. The van der Waals surface area contributed by atoms with Gasteiger partial charge in [-0.15, -0.1) is 11.6 Å². The van der Waals surface area contributed by atoms with Gasteiger partial charge in [-0.2, -0.15) is 0 Å². The summed E-state index contributed by atoms with van der Waals surface area (Å²) in [5.74, 6) is 8.07. The standard InChI is InChI=1S/C17H21ClO/c1-13-5-3-7-16(11-13)19-17-9-8-15(6-4-10-18)14(2)12-17/h8-9,12-13,16H,3,5,7,10-11H2,1-2H3. The van der Waals surface area contributed by atoms with Crippen molar-refractivity contribution in [2.45, 2.75) is 45.6 Å². The highest BCUT2D eigenvalue weighted by molar-refractivity contribution is 6.19. The number of hydrogen-bond acceptors (Lipinski definition) is 1. The zero-order valence-corrected chi connectivity index (χ0v) is 12.5. The largest absolute Gasteiger partial charge is 0.490 e. The molecule has 0 bridgehead atoms. The van der Waals surface area contributed by atoms with E-state index in [2.05, 4.69) is 31.8 Å². The van der Waals surface area contributed by atoms with Gasteiger partial charge in [0.2, 0.25) is 0 Å². The minimum atomic E-state index is 0.373. The second-order valence-electron chi connectivity index (χ2n) is 5.42.